The second-order valence-electron chi connectivity index (χ2n) is 6.56. The Bertz CT molecular complexity index is 501. The van der Waals surface area contributed by atoms with Crippen molar-refractivity contribution < 1.29 is 9.53 Å². The highest BCUT2D eigenvalue weighted by molar-refractivity contribution is 5.96. The van der Waals surface area contributed by atoms with Crippen molar-refractivity contribution in [3.05, 3.63) is 23.3 Å². The van der Waals surface area contributed by atoms with Crippen LogP contribution in [0.2, 0.25) is 0 Å². The van der Waals surface area contributed by atoms with Crippen LogP contribution in [0.5, 0.6) is 0 Å². The smallest absolute Gasteiger partial charge is 0.340 e. The maximum Gasteiger partial charge on any atom is 0.340 e. The number of nitrogen functional groups attached to an aromatic ring is 2. The van der Waals surface area contributed by atoms with Crippen LogP contribution in [0.15, 0.2) is 12.1 Å². The molecule has 0 fully saturated rings. The molecule has 136 valence electrons. The van der Waals surface area contributed by atoms with Crippen molar-refractivity contribution in [1.82, 2.24) is 0 Å². The number of hydrogen-bond donors (Lipinski definition) is 2. The molecule has 0 saturated carbocycles. The predicted molar refractivity (Wildman–Crippen MR) is 102 cm³/mol. The molecule has 0 radical (unpaired) electrons. The molecular formula is C20H34N2O2. The quantitative estimate of drug-likeness (QED) is 0.311. The molecule has 1 aromatic carbocycles. The fourth-order valence-electron chi connectivity index (χ4n) is 2.76. The summed E-state index contributed by atoms with van der Waals surface area (Å²) in [4.78, 5) is 12.0. The van der Waals surface area contributed by atoms with Crippen LogP contribution in [0.3, 0.4) is 0 Å². The van der Waals surface area contributed by atoms with E-state index in [0.29, 0.717) is 23.5 Å². The number of benzene rings is 1. The minimum atomic E-state index is -0.355. The van der Waals surface area contributed by atoms with Crippen LogP contribution < -0.4 is 11.5 Å². The van der Waals surface area contributed by atoms with Gasteiger partial charge in [0.1, 0.15) is 0 Å². The van der Waals surface area contributed by atoms with Gasteiger partial charge in [-0.15, -0.1) is 0 Å². The number of anilines is 2. The Morgan fingerprint density at radius 2 is 1.46 bits per heavy atom. The largest absolute Gasteiger partial charge is 0.462 e. The van der Waals surface area contributed by atoms with E-state index in [1.807, 2.05) is 6.92 Å². The lowest BCUT2D eigenvalue weighted by atomic mass is 10.1. The van der Waals surface area contributed by atoms with Gasteiger partial charge in [0, 0.05) is 5.69 Å². The summed E-state index contributed by atoms with van der Waals surface area (Å²) in [6, 6.07) is 3.33. The molecule has 4 heteroatoms. The van der Waals surface area contributed by atoms with Gasteiger partial charge in [0.25, 0.3) is 0 Å². The molecule has 0 amide bonds. The highest BCUT2D eigenvalue weighted by Crippen LogP contribution is 2.23. The first-order valence-electron chi connectivity index (χ1n) is 9.39. The maximum absolute atomic E-state index is 12.0. The van der Waals surface area contributed by atoms with Crippen molar-refractivity contribution in [2.24, 2.45) is 0 Å². The van der Waals surface area contributed by atoms with Crippen LogP contribution >= 0.6 is 0 Å². The van der Waals surface area contributed by atoms with Gasteiger partial charge in [-0.25, -0.2) is 4.79 Å². The van der Waals surface area contributed by atoms with Gasteiger partial charge in [-0.3, -0.25) is 0 Å². The molecule has 4 N–H and O–H groups in total. The topological polar surface area (TPSA) is 78.3 Å². The molecular weight excluding hydrogens is 300 g/mol. The summed E-state index contributed by atoms with van der Waals surface area (Å²) in [5.74, 6) is -0.355. The van der Waals surface area contributed by atoms with Gasteiger partial charge < -0.3 is 16.2 Å². The van der Waals surface area contributed by atoms with Crippen LogP contribution in [-0.4, -0.2) is 12.6 Å². The molecule has 0 saturated heterocycles. The van der Waals surface area contributed by atoms with E-state index in [9.17, 15) is 4.79 Å². The molecule has 1 rings (SSSR count). The molecule has 0 aliphatic rings. The lowest BCUT2D eigenvalue weighted by Crippen LogP contribution is -2.11. The van der Waals surface area contributed by atoms with Crippen LogP contribution in [0, 0.1) is 6.92 Å². The molecule has 0 atom stereocenters. The van der Waals surface area contributed by atoms with Gasteiger partial charge in [-0.1, -0.05) is 64.7 Å². The zero-order valence-electron chi connectivity index (χ0n) is 15.4. The summed E-state index contributed by atoms with van der Waals surface area (Å²) in [6.07, 6.45) is 12.6. The molecule has 0 unspecified atom stereocenters. The summed E-state index contributed by atoms with van der Waals surface area (Å²) in [5, 5.41) is 0. The monoisotopic (exact) mass is 334 g/mol. The van der Waals surface area contributed by atoms with E-state index in [1.54, 1.807) is 12.1 Å². The van der Waals surface area contributed by atoms with E-state index in [4.69, 9.17) is 16.2 Å². The van der Waals surface area contributed by atoms with Gasteiger partial charge in [0.05, 0.1) is 17.9 Å². The fraction of sp³-hybridized carbons (Fsp3) is 0.650. The summed E-state index contributed by atoms with van der Waals surface area (Å²) in [6.45, 7) is 4.51. The Labute approximate surface area is 146 Å². The van der Waals surface area contributed by atoms with E-state index >= 15 is 0 Å². The second kappa shape index (κ2) is 11.8. The Morgan fingerprint density at radius 3 is 2.04 bits per heavy atom. The first kappa shape index (κ1) is 20.3. The Morgan fingerprint density at radius 1 is 0.917 bits per heavy atom. The van der Waals surface area contributed by atoms with E-state index < -0.39 is 0 Å². The number of carbonyl (C=O) groups is 1. The minimum absolute atomic E-state index is 0.355. The molecule has 4 nitrogen and oxygen atoms in total. The highest BCUT2D eigenvalue weighted by atomic mass is 16.5. The first-order valence-corrected chi connectivity index (χ1v) is 9.39. The SMILES string of the molecule is CCCCCCCCCCCCOC(=O)c1ccc(N)c(C)c1N. The minimum Gasteiger partial charge on any atom is -0.462 e. The van der Waals surface area contributed by atoms with Gasteiger partial charge >= 0.3 is 5.97 Å². The molecule has 0 bridgehead atoms. The normalized spacial score (nSPS) is 10.8. The van der Waals surface area contributed by atoms with Crippen molar-refractivity contribution in [1.29, 1.82) is 0 Å². The molecule has 0 heterocycles. The summed E-state index contributed by atoms with van der Waals surface area (Å²) in [5.41, 5.74) is 13.9. The van der Waals surface area contributed by atoms with Crippen molar-refractivity contribution in [3.8, 4) is 0 Å². The van der Waals surface area contributed by atoms with Crippen molar-refractivity contribution in [2.45, 2.75) is 78.1 Å². The second-order valence-corrected chi connectivity index (χ2v) is 6.56. The zero-order chi connectivity index (χ0) is 17.8. The van der Waals surface area contributed by atoms with Gasteiger partial charge in [-0.05, 0) is 31.0 Å². The number of carbonyl (C=O) groups excluding carboxylic acids is 1. The molecule has 0 spiro atoms. The number of nitrogens with two attached hydrogens (primary N) is 2. The van der Waals surface area contributed by atoms with Crippen LogP contribution in [0.1, 0.15) is 87.1 Å². The van der Waals surface area contributed by atoms with Crippen LogP contribution in [0.25, 0.3) is 0 Å². The summed E-state index contributed by atoms with van der Waals surface area (Å²) in [7, 11) is 0. The van der Waals surface area contributed by atoms with Crippen LogP contribution in [-0.2, 0) is 4.74 Å². The summed E-state index contributed by atoms with van der Waals surface area (Å²) >= 11 is 0. The Balaban J connectivity index is 2.09. The third-order valence-corrected chi connectivity index (χ3v) is 4.51. The van der Waals surface area contributed by atoms with Crippen LogP contribution in [0.4, 0.5) is 11.4 Å². The number of unbranched alkanes of at least 4 members (excludes halogenated alkanes) is 9. The van der Waals surface area contributed by atoms with E-state index in [-0.39, 0.29) is 5.97 Å². The molecule has 0 aliphatic carbocycles. The molecule has 1 aromatic rings. The number of esters is 1. The van der Waals surface area contributed by atoms with E-state index in [0.717, 1.165) is 18.4 Å². The first-order chi connectivity index (χ1) is 11.6. The molecule has 24 heavy (non-hydrogen) atoms. The lowest BCUT2D eigenvalue weighted by molar-refractivity contribution is 0.0499. The van der Waals surface area contributed by atoms with E-state index in [2.05, 4.69) is 6.92 Å². The molecule has 0 aliphatic heterocycles. The maximum atomic E-state index is 12.0. The van der Waals surface area contributed by atoms with Gasteiger partial charge in [0.2, 0.25) is 0 Å². The van der Waals surface area contributed by atoms with Crippen molar-refractivity contribution >= 4 is 17.3 Å². The molecule has 0 aromatic heterocycles. The number of rotatable bonds is 12. The van der Waals surface area contributed by atoms with Gasteiger partial charge in [-0.2, -0.15) is 0 Å². The highest BCUT2D eigenvalue weighted by Gasteiger charge is 2.13. The fourth-order valence-corrected chi connectivity index (χ4v) is 2.76. The van der Waals surface area contributed by atoms with E-state index in [1.165, 1.54) is 51.4 Å². The number of ether oxygens (including phenoxy) is 1. The van der Waals surface area contributed by atoms with Gasteiger partial charge in [0.15, 0.2) is 0 Å². The lowest BCUT2D eigenvalue weighted by Gasteiger charge is -2.10. The third kappa shape index (κ3) is 7.24. The standard InChI is InChI=1S/C20H34N2O2/c1-3-4-5-6-7-8-9-10-11-12-15-24-20(23)17-13-14-18(21)16(2)19(17)22/h13-14H,3-12,15,21-22H2,1-2H3. The third-order valence-electron chi connectivity index (χ3n) is 4.51. The zero-order valence-corrected chi connectivity index (χ0v) is 15.4. The van der Waals surface area contributed by atoms with Crippen molar-refractivity contribution in [3.63, 3.8) is 0 Å². The van der Waals surface area contributed by atoms with Crippen molar-refractivity contribution in [2.75, 3.05) is 18.1 Å². The Kier molecular flexibility index (Phi) is 9.97. The average Bonchev–Trinajstić information content (AvgIpc) is 2.57. The summed E-state index contributed by atoms with van der Waals surface area (Å²) < 4.78 is 5.32. The average molecular weight is 335 g/mol. The number of hydrogen-bond acceptors (Lipinski definition) is 4. The Hall–Kier alpha value is -1.71. The predicted octanol–water partition coefficient (Wildman–Crippen LogP) is 5.24.